The summed E-state index contributed by atoms with van der Waals surface area (Å²) in [6, 6.07) is 57.4. The molecular weight excluding hydrogens is 721 g/mol. The molecule has 2 aliphatic carbocycles. The van der Waals surface area contributed by atoms with Crippen molar-refractivity contribution in [2.24, 2.45) is 0 Å². The van der Waals surface area contributed by atoms with Crippen molar-refractivity contribution in [3.8, 4) is 33.4 Å². The van der Waals surface area contributed by atoms with Gasteiger partial charge in [0.25, 0.3) is 0 Å². The van der Waals surface area contributed by atoms with Crippen molar-refractivity contribution in [2.45, 2.75) is 26.2 Å². The highest BCUT2D eigenvalue weighted by Gasteiger charge is 2.26. The Balaban J connectivity index is 1.17. The van der Waals surface area contributed by atoms with E-state index in [-0.39, 0.29) is 0 Å². The number of allylic oxidation sites excluding steroid dienone is 6. The van der Waals surface area contributed by atoms with Crippen molar-refractivity contribution in [1.29, 1.82) is 0 Å². The van der Waals surface area contributed by atoms with Crippen LogP contribution in [0, 0.1) is 0 Å². The highest BCUT2D eigenvalue weighted by atomic mass is 14.3. The summed E-state index contributed by atoms with van der Waals surface area (Å²) in [4.78, 5) is 0. The second kappa shape index (κ2) is 13.9. The van der Waals surface area contributed by atoms with Crippen molar-refractivity contribution < 1.29 is 0 Å². The molecule has 0 unspecified atom stereocenters. The van der Waals surface area contributed by atoms with Gasteiger partial charge in [-0.2, -0.15) is 0 Å². The van der Waals surface area contributed by atoms with Crippen molar-refractivity contribution >= 4 is 76.8 Å². The van der Waals surface area contributed by atoms with Crippen LogP contribution < -0.4 is 0 Å². The third-order valence-corrected chi connectivity index (χ3v) is 13.3. The molecule has 0 N–H and O–H groups in total. The Morgan fingerprint density at radius 2 is 0.967 bits per heavy atom. The van der Waals surface area contributed by atoms with Crippen molar-refractivity contribution in [1.82, 2.24) is 0 Å². The van der Waals surface area contributed by atoms with E-state index in [0.717, 1.165) is 19.3 Å². The molecule has 0 radical (unpaired) electrons. The normalized spacial score (nSPS) is 13.6. The molecule has 282 valence electrons. The van der Waals surface area contributed by atoms with Crippen LogP contribution in [-0.4, -0.2) is 0 Å². The molecule has 2 aliphatic rings. The van der Waals surface area contributed by atoms with E-state index in [0.29, 0.717) is 0 Å². The Labute approximate surface area is 350 Å². The van der Waals surface area contributed by atoms with Gasteiger partial charge in [-0.15, -0.1) is 0 Å². The lowest BCUT2D eigenvalue weighted by molar-refractivity contribution is 0.954. The Morgan fingerprint density at radius 1 is 0.417 bits per heavy atom. The summed E-state index contributed by atoms with van der Waals surface area (Å²) in [5, 5.41) is 15.7. The van der Waals surface area contributed by atoms with E-state index in [2.05, 4.69) is 207 Å². The second-order valence-corrected chi connectivity index (χ2v) is 16.5. The molecule has 0 saturated carbocycles. The smallest absolute Gasteiger partial charge is 0.00233 e. The molecule has 0 fully saturated rings. The summed E-state index contributed by atoms with van der Waals surface area (Å²) in [6.45, 7) is 2.08. The minimum atomic E-state index is 0.849. The Bertz CT molecular complexity index is 3570. The first-order valence-electron chi connectivity index (χ1n) is 21.4. The molecule has 0 atom stereocenters. The van der Waals surface area contributed by atoms with Crippen LogP contribution in [0.25, 0.3) is 110 Å². The molecule has 10 aromatic carbocycles. The van der Waals surface area contributed by atoms with Crippen LogP contribution in [0.1, 0.15) is 34.7 Å². The van der Waals surface area contributed by atoms with E-state index in [1.165, 1.54) is 126 Å². The molecule has 10 aromatic rings. The summed E-state index contributed by atoms with van der Waals surface area (Å²) < 4.78 is 0. The first kappa shape index (κ1) is 34.7. The quantitative estimate of drug-likeness (QED) is 0.124. The first-order valence-corrected chi connectivity index (χ1v) is 21.4. The van der Waals surface area contributed by atoms with Gasteiger partial charge >= 0.3 is 0 Å². The number of rotatable bonds is 4. The largest absolute Gasteiger partial charge is 0.0877 e. The highest BCUT2D eigenvalue weighted by molar-refractivity contribution is 6.27. The summed E-state index contributed by atoms with van der Waals surface area (Å²) in [5.74, 6) is 0. The van der Waals surface area contributed by atoms with Gasteiger partial charge in [-0.05, 0) is 170 Å². The average molecular weight is 763 g/mol. The summed E-state index contributed by atoms with van der Waals surface area (Å²) >= 11 is 0. The van der Waals surface area contributed by atoms with Gasteiger partial charge in [-0.1, -0.05) is 182 Å². The molecule has 0 saturated heterocycles. The fraction of sp³-hybridized carbons (Fsp3) is 0.0667. The highest BCUT2D eigenvalue weighted by Crippen LogP contribution is 2.49. The maximum absolute atomic E-state index is 2.53. The molecule has 0 bridgehead atoms. The lowest BCUT2D eigenvalue weighted by Gasteiger charge is -2.26. The fourth-order valence-corrected chi connectivity index (χ4v) is 10.8. The van der Waals surface area contributed by atoms with Gasteiger partial charge < -0.3 is 0 Å². The maximum atomic E-state index is 2.53. The second-order valence-electron chi connectivity index (χ2n) is 16.5. The van der Waals surface area contributed by atoms with E-state index in [9.17, 15) is 0 Å². The molecule has 12 rings (SSSR count). The minimum Gasteiger partial charge on any atom is -0.0877 e. The zero-order valence-corrected chi connectivity index (χ0v) is 33.7. The van der Waals surface area contributed by atoms with Crippen LogP contribution in [0.15, 0.2) is 188 Å². The Kier molecular flexibility index (Phi) is 8.07. The molecule has 0 nitrogen and oxygen atoms in total. The van der Waals surface area contributed by atoms with Gasteiger partial charge in [0.05, 0.1) is 0 Å². The van der Waals surface area contributed by atoms with Crippen molar-refractivity contribution in [3.63, 3.8) is 0 Å². The average Bonchev–Trinajstić information content (AvgIpc) is 3.56. The van der Waals surface area contributed by atoms with Crippen molar-refractivity contribution in [3.05, 3.63) is 216 Å². The van der Waals surface area contributed by atoms with Gasteiger partial charge in [-0.25, -0.2) is 0 Å². The summed E-state index contributed by atoms with van der Waals surface area (Å²) in [6.07, 6.45) is 20.9. The first-order chi connectivity index (χ1) is 29.8. The number of hydrogen-bond acceptors (Lipinski definition) is 0. The molecule has 0 aromatic heterocycles. The topological polar surface area (TPSA) is 0 Å². The molecule has 60 heavy (non-hydrogen) atoms. The monoisotopic (exact) mass is 762 g/mol. The van der Waals surface area contributed by atoms with E-state index >= 15 is 0 Å². The van der Waals surface area contributed by atoms with E-state index in [1.54, 1.807) is 0 Å². The van der Waals surface area contributed by atoms with E-state index < -0.39 is 0 Å². The predicted octanol–water partition coefficient (Wildman–Crippen LogP) is 16.4. The van der Waals surface area contributed by atoms with Crippen molar-refractivity contribution in [2.75, 3.05) is 0 Å². The molecular formula is C60H42. The minimum absolute atomic E-state index is 0.849. The summed E-state index contributed by atoms with van der Waals surface area (Å²) in [5.41, 5.74) is 14.8. The molecule has 0 spiro atoms. The molecule has 0 aliphatic heterocycles. The van der Waals surface area contributed by atoms with Crippen LogP contribution in [0.5, 0.6) is 0 Å². The van der Waals surface area contributed by atoms with Crippen LogP contribution in [0.2, 0.25) is 0 Å². The standard InChI is InChI=1S/C60H42/c1-2-3-5-18-39-35-56-46-24-12-9-19-41(46)42-20-10-13-25-47(42)57(56)37-55(39)60-51-27-7-4-6-26-49(51)58(50-29-16-17-30-52(50)60)40-32-31-38-33-34-53-45-23-11-8-21-43(45)44-22-14-15-28-48(44)59(53)54(38)36-40/h2-25,27-32,35-37H,26,33-34H2,1H3/b3-2-,18-5-. The summed E-state index contributed by atoms with van der Waals surface area (Å²) in [7, 11) is 0. The zero-order valence-electron chi connectivity index (χ0n) is 33.7. The zero-order chi connectivity index (χ0) is 39.7. The maximum Gasteiger partial charge on any atom is -0.00233 e. The predicted molar refractivity (Wildman–Crippen MR) is 261 cm³/mol. The van der Waals surface area contributed by atoms with Gasteiger partial charge in [0.15, 0.2) is 0 Å². The van der Waals surface area contributed by atoms with Gasteiger partial charge in [0.2, 0.25) is 0 Å². The third-order valence-electron chi connectivity index (χ3n) is 13.3. The van der Waals surface area contributed by atoms with E-state index in [1.807, 2.05) is 0 Å². The number of hydrogen-bond donors (Lipinski definition) is 0. The van der Waals surface area contributed by atoms with Crippen LogP contribution in [0.4, 0.5) is 0 Å². The molecule has 0 heterocycles. The SMILES string of the molecule is C/C=C\C=C/c1cc2c3ccccc3c3ccccc3c2cc1-c1c2c(c(-c3ccc4c(c3)-c3c(c5ccccc5c5ccccc35)CC4)c3ccccc13)CC=CC=C2. The van der Waals surface area contributed by atoms with Crippen LogP contribution >= 0.6 is 0 Å². The number of benzene rings is 10. The number of aryl methyl sites for hydroxylation is 2. The van der Waals surface area contributed by atoms with Crippen LogP contribution in [0.3, 0.4) is 0 Å². The van der Waals surface area contributed by atoms with E-state index in [4.69, 9.17) is 0 Å². The lowest BCUT2D eigenvalue weighted by atomic mass is 9.77. The number of fused-ring (bicyclic) bond motifs is 16. The lowest BCUT2D eigenvalue weighted by Crippen LogP contribution is -2.06. The molecule has 0 heteroatoms. The fourth-order valence-electron chi connectivity index (χ4n) is 10.8. The molecule has 0 amide bonds. The van der Waals surface area contributed by atoms with Gasteiger partial charge in [0.1, 0.15) is 0 Å². The van der Waals surface area contributed by atoms with Gasteiger partial charge in [0, 0.05) is 0 Å². The third kappa shape index (κ3) is 5.24. The Morgan fingerprint density at radius 3 is 1.63 bits per heavy atom. The Hall–Kier alpha value is -7.28. The van der Waals surface area contributed by atoms with Crippen LogP contribution in [-0.2, 0) is 19.3 Å². The van der Waals surface area contributed by atoms with Gasteiger partial charge in [-0.3, -0.25) is 0 Å².